The van der Waals surface area contributed by atoms with E-state index in [9.17, 15) is 20.2 Å². The molecule has 11 heteroatoms. The number of ether oxygens (including phenoxy) is 1. The third kappa shape index (κ3) is 5.74. The molecule has 0 spiro atoms. The van der Waals surface area contributed by atoms with E-state index < -0.39 is 4.92 Å². The topological polar surface area (TPSA) is 131 Å². The van der Waals surface area contributed by atoms with Crippen LogP contribution in [0.1, 0.15) is 11.1 Å². The Morgan fingerprint density at radius 1 is 1.24 bits per heavy atom. The minimum absolute atomic E-state index is 0.0474. The van der Waals surface area contributed by atoms with Gasteiger partial charge in [-0.25, -0.2) is 10.4 Å². The van der Waals surface area contributed by atoms with Crippen molar-refractivity contribution in [2.24, 2.45) is 5.10 Å². The van der Waals surface area contributed by atoms with Crippen LogP contribution in [0.4, 0.5) is 5.69 Å². The van der Waals surface area contributed by atoms with Gasteiger partial charge < -0.3 is 4.74 Å². The Morgan fingerprint density at radius 3 is 2.88 bits per heavy atom. The lowest BCUT2D eigenvalue weighted by atomic mass is 10.2. The quantitative estimate of drug-likeness (QED) is 0.157. The number of nitro groups is 1. The number of non-ortho nitro benzene ring substituents is 1. The summed E-state index contributed by atoms with van der Waals surface area (Å²) in [5.41, 5.74) is 3.89. The van der Waals surface area contributed by atoms with Gasteiger partial charge in [0.1, 0.15) is 23.1 Å². The molecule has 0 bridgehead atoms. The highest BCUT2D eigenvalue weighted by molar-refractivity contribution is 8.01. The normalized spacial score (nSPS) is 10.8. The molecular weight excluding hydrogens is 474 g/mol. The molecule has 1 aromatic heterocycles. The van der Waals surface area contributed by atoms with Crippen LogP contribution in [0.5, 0.6) is 11.5 Å². The number of fused-ring (bicyclic) bond motifs is 1. The molecule has 0 radical (unpaired) electrons. The van der Waals surface area contributed by atoms with Gasteiger partial charge in [-0.3, -0.25) is 14.9 Å². The zero-order chi connectivity index (χ0) is 23.9. The van der Waals surface area contributed by atoms with Crippen molar-refractivity contribution in [3.05, 3.63) is 88.0 Å². The summed E-state index contributed by atoms with van der Waals surface area (Å²) in [7, 11) is 0. The summed E-state index contributed by atoms with van der Waals surface area (Å²) in [4.78, 5) is 26.9. The Labute approximate surface area is 201 Å². The van der Waals surface area contributed by atoms with E-state index in [1.165, 1.54) is 41.4 Å². The SMILES string of the molecule is N#Cc1cc([N+](=O)[O-])ccc1Oc1cccc(/C=N\NC(=O)CSc2nc3ccccc3s2)c1. The van der Waals surface area contributed by atoms with Crippen LogP contribution in [-0.2, 0) is 4.79 Å². The number of para-hydroxylation sites is 1. The number of aromatic nitrogens is 1. The number of thiazole rings is 1. The molecule has 0 aliphatic rings. The van der Waals surface area contributed by atoms with Crippen LogP contribution in [-0.4, -0.2) is 27.8 Å². The van der Waals surface area contributed by atoms with Gasteiger partial charge in [-0.2, -0.15) is 10.4 Å². The number of carbonyl (C=O) groups is 1. The molecule has 0 aliphatic heterocycles. The molecule has 1 amide bonds. The van der Waals surface area contributed by atoms with E-state index in [0.717, 1.165) is 20.6 Å². The smallest absolute Gasteiger partial charge is 0.271 e. The first-order valence-corrected chi connectivity index (χ1v) is 11.6. The highest BCUT2D eigenvalue weighted by Crippen LogP contribution is 2.30. The maximum absolute atomic E-state index is 12.1. The van der Waals surface area contributed by atoms with Gasteiger partial charge in [-0.15, -0.1) is 11.3 Å². The molecule has 4 rings (SSSR count). The number of benzene rings is 3. The standard InChI is InChI=1S/C23H15N5O4S2/c24-12-16-11-17(28(30)31)8-9-20(16)32-18-5-3-4-15(10-18)13-25-27-22(29)14-33-23-26-19-6-1-2-7-21(19)34-23/h1-11,13H,14H2,(H,27,29)/b25-13-. The highest BCUT2D eigenvalue weighted by atomic mass is 32.2. The van der Waals surface area contributed by atoms with Crippen molar-refractivity contribution in [2.75, 3.05) is 5.75 Å². The Bertz CT molecular complexity index is 1410. The predicted molar refractivity (Wildman–Crippen MR) is 130 cm³/mol. The number of hydrogen-bond donors (Lipinski definition) is 1. The lowest BCUT2D eigenvalue weighted by molar-refractivity contribution is -0.384. The number of nitrogens with one attached hydrogen (secondary N) is 1. The summed E-state index contributed by atoms with van der Waals surface area (Å²) < 4.78 is 7.60. The largest absolute Gasteiger partial charge is 0.456 e. The number of hydrogen-bond acceptors (Lipinski definition) is 9. The van der Waals surface area contributed by atoms with E-state index in [4.69, 9.17) is 4.74 Å². The molecule has 0 saturated carbocycles. The number of amides is 1. The number of nitriles is 1. The van der Waals surface area contributed by atoms with Crippen LogP contribution in [0.2, 0.25) is 0 Å². The van der Waals surface area contributed by atoms with E-state index in [1.54, 1.807) is 24.3 Å². The van der Waals surface area contributed by atoms with Gasteiger partial charge in [-0.1, -0.05) is 36.0 Å². The van der Waals surface area contributed by atoms with Gasteiger partial charge in [0, 0.05) is 12.1 Å². The number of nitrogens with zero attached hydrogens (tertiary/aromatic N) is 4. The van der Waals surface area contributed by atoms with Gasteiger partial charge in [0.05, 0.1) is 27.1 Å². The number of hydrazone groups is 1. The maximum atomic E-state index is 12.1. The summed E-state index contributed by atoms with van der Waals surface area (Å²) in [6.45, 7) is 0. The third-order valence-corrected chi connectivity index (χ3v) is 6.56. The molecule has 1 heterocycles. The van der Waals surface area contributed by atoms with Gasteiger partial charge in [0.25, 0.3) is 11.6 Å². The molecule has 0 unspecified atom stereocenters. The first kappa shape index (κ1) is 22.9. The van der Waals surface area contributed by atoms with Crippen LogP contribution < -0.4 is 10.2 Å². The molecule has 9 nitrogen and oxygen atoms in total. The van der Waals surface area contributed by atoms with Crippen LogP contribution in [0.15, 0.2) is 76.2 Å². The minimum atomic E-state index is -0.576. The van der Waals surface area contributed by atoms with Crippen LogP contribution in [0, 0.1) is 21.4 Å². The number of carbonyl (C=O) groups excluding carboxylic acids is 1. The van der Waals surface area contributed by atoms with Gasteiger partial charge >= 0.3 is 0 Å². The van der Waals surface area contributed by atoms with Gasteiger partial charge in [0.2, 0.25) is 0 Å². The van der Waals surface area contributed by atoms with Crippen molar-refractivity contribution in [2.45, 2.75) is 4.34 Å². The molecule has 4 aromatic rings. The molecule has 0 atom stereocenters. The maximum Gasteiger partial charge on any atom is 0.271 e. The monoisotopic (exact) mass is 489 g/mol. The van der Waals surface area contributed by atoms with E-state index in [1.807, 2.05) is 30.3 Å². The minimum Gasteiger partial charge on any atom is -0.456 e. The van der Waals surface area contributed by atoms with E-state index in [2.05, 4.69) is 15.5 Å². The summed E-state index contributed by atoms with van der Waals surface area (Å²) in [5.74, 6) is 0.518. The Kier molecular flexibility index (Phi) is 7.12. The molecular formula is C23H15N5O4S2. The summed E-state index contributed by atoms with van der Waals surface area (Å²) in [6.07, 6.45) is 1.47. The second-order valence-electron chi connectivity index (χ2n) is 6.75. The fraction of sp³-hybridized carbons (Fsp3) is 0.0435. The van der Waals surface area contributed by atoms with Crippen molar-refractivity contribution < 1.29 is 14.5 Å². The number of thioether (sulfide) groups is 1. The Morgan fingerprint density at radius 2 is 2.09 bits per heavy atom. The van der Waals surface area contributed by atoms with Crippen LogP contribution >= 0.6 is 23.1 Å². The third-order valence-electron chi connectivity index (χ3n) is 4.38. The lowest BCUT2D eigenvalue weighted by Gasteiger charge is -2.07. The Balaban J connectivity index is 1.34. The van der Waals surface area contributed by atoms with E-state index in [-0.39, 0.29) is 28.7 Å². The second kappa shape index (κ2) is 10.6. The van der Waals surface area contributed by atoms with Crippen molar-refractivity contribution in [1.82, 2.24) is 10.4 Å². The number of nitro benzene ring substituents is 1. The van der Waals surface area contributed by atoms with Crippen LogP contribution in [0.25, 0.3) is 10.2 Å². The molecule has 1 N–H and O–H groups in total. The zero-order valence-electron chi connectivity index (χ0n) is 17.4. The van der Waals surface area contributed by atoms with Crippen molar-refractivity contribution in [3.63, 3.8) is 0 Å². The molecule has 168 valence electrons. The fourth-order valence-corrected chi connectivity index (χ4v) is 4.71. The van der Waals surface area contributed by atoms with Crippen molar-refractivity contribution in [1.29, 1.82) is 5.26 Å². The fourth-order valence-electron chi connectivity index (χ4n) is 2.84. The second-order valence-corrected chi connectivity index (χ2v) is 9.01. The zero-order valence-corrected chi connectivity index (χ0v) is 19.0. The van der Waals surface area contributed by atoms with Crippen molar-refractivity contribution in [3.8, 4) is 17.6 Å². The average molecular weight is 490 g/mol. The average Bonchev–Trinajstić information content (AvgIpc) is 3.26. The molecule has 3 aromatic carbocycles. The molecule has 0 saturated heterocycles. The number of rotatable bonds is 8. The van der Waals surface area contributed by atoms with Crippen molar-refractivity contribution >= 4 is 51.1 Å². The van der Waals surface area contributed by atoms with Crippen LogP contribution in [0.3, 0.4) is 0 Å². The summed E-state index contributed by atoms with van der Waals surface area (Å²) in [6, 6.07) is 20.3. The Hall–Kier alpha value is -4.27. The first-order valence-electron chi connectivity index (χ1n) is 9.78. The van der Waals surface area contributed by atoms with E-state index in [0.29, 0.717) is 11.3 Å². The molecule has 0 aliphatic carbocycles. The molecule has 0 fully saturated rings. The first-order chi connectivity index (χ1) is 16.5. The summed E-state index contributed by atoms with van der Waals surface area (Å²) in [5, 5.41) is 24.1. The van der Waals surface area contributed by atoms with Gasteiger partial charge in [-0.05, 0) is 35.9 Å². The van der Waals surface area contributed by atoms with E-state index >= 15 is 0 Å². The lowest BCUT2D eigenvalue weighted by Crippen LogP contribution is -2.19. The molecule has 34 heavy (non-hydrogen) atoms. The van der Waals surface area contributed by atoms with Gasteiger partial charge in [0.15, 0.2) is 4.34 Å². The predicted octanol–water partition coefficient (Wildman–Crippen LogP) is 5.11. The highest BCUT2D eigenvalue weighted by Gasteiger charge is 2.12. The summed E-state index contributed by atoms with van der Waals surface area (Å²) >= 11 is 2.88.